The Kier molecular flexibility index (Phi) is 2.90. The van der Waals surface area contributed by atoms with E-state index >= 15 is 0 Å². The highest BCUT2D eigenvalue weighted by atomic mass is 32.1. The van der Waals surface area contributed by atoms with E-state index in [0.29, 0.717) is 12.0 Å². The van der Waals surface area contributed by atoms with Crippen molar-refractivity contribution in [3.05, 3.63) is 23.1 Å². The van der Waals surface area contributed by atoms with E-state index in [0.717, 1.165) is 18.7 Å². The second kappa shape index (κ2) is 4.43. The summed E-state index contributed by atoms with van der Waals surface area (Å²) in [5.41, 5.74) is 2.43. The van der Waals surface area contributed by atoms with E-state index in [-0.39, 0.29) is 0 Å². The second-order valence-corrected chi connectivity index (χ2v) is 6.24. The maximum atomic E-state index is 4.82. The zero-order chi connectivity index (χ0) is 12.7. The molecule has 0 aromatic carbocycles. The van der Waals surface area contributed by atoms with Crippen LogP contribution in [-0.2, 0) is 0 Å². The van der Waals surface area contributed by atoms with Crippen LogP contribution in [-0.4, -0.2) is 16.3 Å². The van der Waals surface area contributed by atoms with Gasteiger partial charge in [0, 0.05) is 12.6 Å². The van der Waals surface area contributed by atoms with Crippen molar-refractivity contribution in [2.75, 3.05) is 11.9 Å². The predicted molar refractivity (Wildman–Crippen MR) is 77.3 cm³/mol. The number of thiophene rings is 1. The Morgan fingerprint density at radius 1 is 1.50 bits per heavy atom. The molecule has 1 atom stereocenters. The minimum Gasteiger partial charge on any atom is -0.370 e. The van der Waals surface area contributed by atoms with E-state index in [1.54, 1.807) is 11.3 Å². The summed E-state index contributed by atoms with van der Waals surface area (Å²) in [6.07, 6.45) is 1.16. The molecular formula is C14H19N3S. The van der Waals surface area contributed by atoms with Crippen LogP contribution in [0.25, 0.3) is 10.6 Å². The average molecular weight is 261 g/mol. The molecule has 2 aromatic heterocycles. The van der Waals surface area contributed by atoms with Gasteiger partial charge in [-0.15, -0.1) is 11.3 Å². The molecule has 1 unspecified atom stereocenters. The quantitative estimate of drug-likeness (QED) is 0.887. The molecule has 2 aromatic rings. The smallest absolute Gasteiger partial charge is 0.125 e. The lowest BCUT2D eigenvalue weighted by atomic mass is 10.00. The Morgan fingerprint density at radius 3 is 3.00 bits per heavy atom. The van der Waals surface area contributed by atoms with Gasteiger partial charge in [0.05, 0.1) is 10.9 Å². The van der Waals surface area contributed by atoms with Crippen LogP contribution in [0, 0.1) is 12.8 Å². The van der Waals surface area contributed by atoms with Crippen molar-refractivity contribution in [2.45, 2.75) is 33.2 Å². The topological polar surface area (TPSA) is 29.9 Å². The fraction of sp³-hybridized carbons (Fsp3) is 0.500. The van der Waals surface area contributed by atoms with Crippen LogP contribution >= 0.6 is 11.3 Å². The zero-order valence-corrected chi connectivity index (χ0v) is 11.9. The van der Waals surface area contributed by atoms with Gasteiger partial charge in [-0.05, 0) is 36.3 Å². The normalized spacial score (nSPS) is 18.8. The first-order valence-electron chi connectivity index (χ1n) is 6.54. The number of nitrogens with one attached hydrogen (secondary N) is 1. The number of rotatable bonds is 2. The SMILES string of the molecule is Cc1ccsc1-c1cc2n(n1)C(C(C)C)CCN2. The molecule has 3 rings (SSSR count). The van der Waals surface area contributed by atoms with Gasteiger partial charge in [-0.25, -0.2) is 4.68 Å². The summed E-state index contributed by atoms with van der Waals surface area (Å²) in [7, 11) is 0. The minimum atomic E-state index is 0.523. The van der Waals surface area contributed by atoms with E-state index < -0.39 is 0 Å². The molecule has 0 saturated carbocycles. The monoisotopic (exact) mass is 261 g/mol. The van der Waals surface area contributed by atoms with Gasteiger partial charge in [-0.3, -0.25) is 0 Å². The maximum absolute atomic E-state index is 4.82. The van der Waals surface area contributed by atoms with Crippen molar-refractivity contribution in [3.8, 4) is 10.6 Å². The molecule has 3 nitrogen and oxygen atoms in total. The highest BCUT2D eigenvalue weighted by molar-refractivity contribution is 7.13. The summed E-state index contributed by atoms with van der Waals surface area (Å²) in [6.45, 7) is 7.75. The van der Waals surface area contributed by atoms with Crippen molar-refractivity contribution in [3.63, 3.8) is 0 Å². The number of aryl methyl sites for hydroxylation is 1. The van der Waals surface area contributed by atoms with Crippen LogP contribution in [0.5, 0.6) is 0 Å². The molecule has 1 N–H and O–H groups in total. The van der Waals surface area contributed by atoms with Gasteiger partial charge in [-0.1, -0.05) is 13.8 Å². The standard InChI is InChI=1S/C14H19N3S/c1-9(2)12-4-6-15-13-8-11(16-17(12)13)14-10(3)5-7-18-14/h5,7-9,12,15H,4,6H2,1-3H3. The lowest BCUT2D eigenvalue weighted by Crippen LogP contribution is -2.26. The van der Waals surface area contributed by atoms with Gasteiger partial charge < -0.3 is 5.32 Å². The molecule has 3 heterocycles. The molecule has 0 radical (unpaired) electrons. The van der Waals surface area contributed by atoms with E-state index in [2.05, 4.69) is 48.3 Å². The van der Waals surface area contributed by atoms with Crippen LogP contribution in [0.2, 0.25) is 0 Å². The number of hydrogen-bond donors (Lipinski definition) is 1. The third kappa shape index (κ3) is 1.85. The van der Waals surface area contributed by atoms with Gasteiger partial charge in [0.2, 0.25) is 0 Å². The third-order valence-corrected chi connectivity index (χ3v) is 4.70. The Labute approximate surface area is 112 Å². The van der Waals surface area contributed by atoms with E-state index in [4.69, 9.17) is 5.10 Å². The molecule has 0 aliphatic carbocycles. The predicted octanol–water partition coefficient (Wildman–Crippen LogP) is 3.93. The zero-order valence-electron chi connectivity index (χ0n) is 11.1. The molecule has 1 aliphatic rings. The largest absolute Gasteiger partial charge is 0.370 e. The van der Waals surface area contributed by atoms with Crippen molar-refractivity contribution >= 4 is 17.2 Å². The van der Waals surface area contributed by atoms with Crippen molar-refractivity contribution in [2.24, 2.45) is 5.92 Å². The summed E-state index contributed by atoms with van der Waals surface area (Å²) < 4.78 is 2.18. The number of nitrogens with zero attached hydrogens (tertiary/aromatic N) is 2. The number of anilines is 1. The van der Waals surface area contributed by atoms with E-state index in [9.17, 15) is 0 Å². The molecule has 0 spiro atoms. The Bertz CT molecular complexity index is 553. The van der Waals surface area contributed by atoms with Crippen LogP contribution in [0.1, 0.15) is 31.9 Å². The van der Waals surface area contributed by atoms with Gasteiger partial charge in [0.25, 0.3) is 0 Å². The Morgan fingerprint density at radius 2 is 2.33 bits per heavy atom. The highest BCUT2D eigenvalue weighted by Gasteiger charge is 2.24. The molecule has 1 aliphatic heterocycles. The first-order chi connectivity index (χ1) is 8.66. The average Bonchev–Trinajstić information content (AvgIpc) is 2.92. The van der Waals surface area contributed by atoms with Crippen LogP contribution in [0.4, 0.5) is 5.82 Å². The first kappa shape index (κ1) is 11.8. The highest BCUT2D eigenvalue weighted by Crippen LogP contribution is 2.35. The summed E-state index contributed by atoms with van der Waals surface area (Å²) in [5, 5.41) is 10.4. The molecule has 0 fully saturated rings. The van der Waals surface area contributed by atoms with E-state index in [1.165, 1.54) is 16.3 Å². The van der Waals surface area contributed by atoms with Gasteiger partial charge >= 0.3 is 0 Å². The van der Waals surface area contributed by atoms with E-state index in [1.807, 2.05) is 0 Å². The van der Waals surface area contributed by atoms with Gasteiger partial charge in [-0.2, -0.15) is 5.10 Å². The fourth-order valence-electron chi connectivity index (χ4n) is 2.61. The van der Waals surface area contributed by atoms with Crippen LogP contribution in [0.3, 0.4) is 0 Å². The number of fused-ring (bicyclic) bond motifs is 1. The molecule has 4 heteroatoms. The minimum absolute atomic E-state index is 0.523. The Hall–Kier alpha value is -1.29. The maximum Gasteiger partial charge on any atom is 0.125 e. The second-order valence-electron chi connectivity index (χ2n) is 5.32. The van der Waals surface area contributed by atoms with Gasteiger partial charge in [0.1, 0.15) is 11.5 Å². The fourth-order valence-corrected chi connectivity index (χ4v) is 3.49. The van der Waals surface area contributed by atoms with Crippen LogP contribution in [0.15, 0.2) is 17.5 Å². The third-order valence-electron chi connectivity index (χ3n) is 3.66. The van der Waals surface area contributed by atoms with Crippen molar-refractivity contribution in [1.82, 2.24) is 9.78 Å². The lowest BCUT2D eigenvalue weighted by Gasteiger charge is -2.28. The number of aromatic nitrogens is 2. The molecular weight excluding hydrogens is 242 g/mol. The number of hydrogen-bond acceptors (Lipinski definition) is 3. The van der Waals surface area contributed by atoms with Crippen molar-refractivity contribution < 1.29 is 0 Å². The van der Waals surface area contributed by atoms with Crippen molar-refractivity contribution in [1.29, 1.82) is 0 Å². The molecule has 0 saturated heterocycles. The molecule has 18 heavy (non-hydrogen) atoms. The molecule has 96 valence electrons. The Balaban J connectivity index is 2.04. The molecule has 0 amide bonds. The lowest BCUT2D eigenvalue weighted by molar-refractivity contribution is 0.323. The summed E-state index contributed by atoms with van der Waals surface area (Å²) in [4.78, 5) is 1.29. The van der Waals surface area contributed by atoms with Crippen LogP contribution < -0.4 is 5.32 Å². The summed E-state index contributed by atoms with van der Waals surface area (Å²) in [5.74, 6) is 1.80. The summed E-state index contributed by atoms with van der Waals surface area (Å²) >= 11 is 1.77. The first-order valence-corrected chi connectivity index (χ1v) is 7.42. The summed E-state index contributed by atoms with van der Waals surface area (Å²) in [6, 6.07) is 4.87. The molecule has 0 bridgehead atoms. The van der Waals surface area contributed by atoms with Gasteiger partial charge in [0.15, 0.2) is 0 Å².